The highest BCUT2D eigenvalue weighted by atomic mass is 16.5. The van der Waals surface area contributed by atoms with Gasteiger partial charge >= 0.3 is 6.03 Å². The van der Waals surface area contributed by atoms with Crippen LogP contribution in [0.5, 0.6) is 23.0 Å². The van der Waals surface area contributed by atoms with E-state index in [4.69, 9.17) is 9.47 Å². The fourth-order valence-corrected chi connectivity index (χ4v) is 5.09. The molecule has 2 atom stereocenters. The normalized spacial score (nSPS) is 15.3. The van der Waals surface area contributed by atoms with Crippen LogP contribution in [0.15, 0.2) is 103 Å². The summed E-state index contributed by atoms with van der Waals surface area (Å²) in [5.74, 6) is 1.68. The molecule has 1 unspecified atom stereocenters. The first kappa shape index (κ1) is 29.5. The molecule has 1 saturated heterocycles. The average Bonchev–Trinajstić information content (AvgIpc) is 3.46. The van der Waals surface area contributed by atoms with Crippen LogP contribution >= 0.6 is 0 Å². The predicted molar refractivity (Wildman–Crippen MR) is 166 cm³/mol. The molecule has 0 radical (unpaired) electrons. The van der Waals surface area contributed by atoms with Gasteiger partial charge in [0.2, 0.25) is 5.91 Å². The number of carbonyl (C=O) groups is 2. The number of amides is 3. The molecule has 0 aliphatic carbocycles. The topological polar surface area (TPSA) is 112 Å². The Morgan fingerprint density at radius 2 is 1.60 bits per heavy atom. The number of nitrogens with zero attached hydrogens (tertiary/aromatic N) is 1. The van der Waals surface area contributed by atoms with Crippen molar-refractivity contribution < 1.29 is 24.2 Å². The molecule has 3 amide bonds. The number of para-hydroxylation sites is 1. The summed E-state index contributed by atoms with van der Waals surface area (Å²) < 4.78 is 11.0. The van der Waals surface area contributed by atoms with E-state index in [9.17, 15) is 14.7 Å². The van der Waals surface area contributed by atoms with Gasteiger partial charge in [-0.1, -0.05) is 54.6 Å². The van der Waals surface area contributed by atoms with Gasteiger partial charge in [0.05, 0.1) is 7.11 Å². The van der Waals surface area contributed by atoms with E-state index < -0.39 is 12.1 Å². The molecule has 1 aliphatic rings. The number of carbonyl (C=O) groups excluding carboxylic acids is 2. The summed E-state index contributed by atoms with van der Waals surface area (Å²) in [5, 5.41) is 18.7. The van der Waals surface area contributed by atoms with Gasteiger partial charge in [0.25, 0.3) is 0 Å². The number of rotatable bonds is 11. The number of likely N-dealkylation sites (tertiary alicyclic amines) is 1. The molecule has 1 heterocycles. The predicted octanol–water partition coefficient (Wildman–Crippen LogP) is 5.32. The molecular weight excluding hydrogens is 544 g/mol. The SMILES string of the molecule is COc1cc(CN2CCC(NC(=O)[C@H](Cc3ccccc3)NC(=O)Nc3ccc(Oc4ccccc4)cc3)C2)ccc1O. The van der Waals surface area contributed by atoms with Crippen LogP contribution in [0.3, 0.4) is 0 Å². The molecule has 9 heteroatoms. The van der Waals surface area contributed by atoms with Gasteiger partial charge in [-0.15, -0.1) is 0 Å². The van der Waals surface area contributed by atoms with Crippen LogP contribution in [0.25, 0.3) is 0 Å². The standard InChI is InChI=1S/C34H36N4O5/c1-42-32-21-25(12-17-31(32)39)22-38-19-18-27(23-38)35-33(40)30(20-24-8-4-2-5-9-24)37-34(41)36-26-13-15-29(16-14-26)43-28-10-6-3-7-11-28/h2-17,21,27,30,39H,18-20,22-23H2,1H3,(H,35,40)(H2,36,37,41)/t27?,30-/m0/s1. The van der Waals surface area contributed by atoms with E-state index in [2.05, 4.69) is 20.9 Å². The fourth-order valence-electron chi connectivity index (χ4n) is 5.09. The zero-order valence-electron chi connectivity index (χ0n) is 24.0. The molecule has 1 aliphatic heterocycles. The summed E-state index contributed by atoms with van der Waals surface area (Å²) in [4.78, 5) is 28.7. The second kappa shape index (κ2) is 14.2. The number of hydrogen-bond donors (Lipinski definition) is 4. The van der Waals surface area contributed by atoms with Crippen molar-refractivity contribution in [2.75, 3.05) is 25.5 Å². The van der Waals surface area contributed by atoms with E-state index >= 15 is 0 Å². The Labute approximate surface area is 251 Å². The number of aromatic hydroxyl groups is 1. The molecule has 1 fully saturated rings. The Hall–Kier alpha value is -5.02. The van der Waals surface area contributed by atoms with Crippen molar-refractivity contribution in [1.29, 1.82) is 0 Å². The molecular formula is C34H36N4O5. The van der Waals surface area contributed by atoms with E-state index in [0.717, 1.165) is 29.8 Å². The van der Waals surface area contributed by atoms with Crippen molar-refractivity contribution in [3.63, 3.8) is 0 Å². The molecule has 9 nitrogen and oxygen atoms in total. The lowest BCUT2D eigenvalue weighted by atomic mass is 10.0. The molecule has 0 saturated carbocycles. The van der Waals surface area contributed by atoms with Crippen molar-refractivity contribution in [3.05, 3.63) is 114 Å². The molecule has 43 heavy (non-hydrogen) atoms. The molecule has 5 rings (SSSR count). The Morgan fingerprint density at radius 1 is 0.907 bits per heavy atom. The van der Waals surface area contributed by atoms with Crippen molar-refractivity contribution in [1.82, 2.24) is 15.5 Å². The Balaban J connectivity index is 1.17. The van der Waals surface area contributed by atoms with Crippen molar-refractivity contribution in [3.8, 4) is 23.0 Å². The summed E-state index contributed by atoms with van der Waals surface area (Å²) in [5.41, 5.74) is 2.54. The van der Waals surface area contributed by atoms with Crippen LogP contribution in [0.1, 0.15) is 17.5 Å². The third-order valence-corrected chi connectivity index (χ3v) is 7.26. The number of methoxy groups -OCH3 is 1. The molecule has 0 bridgehead atoms. The Bertz CT molecular complexity index is 1500. The summed E-state index contributed by atoms with van der Waals surface area (Å²) in [6.07, 6.45) is 1.15. The van der Waals surface area contributed by atoms with Crippen molar-refractivity contribution >= 4 is 17.6 Å². The van der Waals surface area contributed by atoms with Crippen LogP contribution in [0.4, 0.5) is 10.5 Å². The van der Waals surface area contributed by atoms with Gasteiger partial charge in [-0.2, -0.15) is 0 Å². The summed E-state index contributed by atoms with van der Waals surface area (Å²) in [6, 6.07) is 30.2. The zero-order chi connectivity index (χ0) is 30.0. The summed E-state index contributed by atoms with van der Waals surface area (Å²) in [6.45, 7) is 2.16. The Kier molecular flexibility index (Phi) is 9.76. The molecule has 0 aromatic heterocycles. The number of phenolic OH excluding ortho intramolecular Hbond substituents is 1. The highest BCUT2D eigenvalue weighted by molar-refractivity contribution is 5.94. The molecule has 4 aromatic carbocycles. The number of benzene rings is 4. The van der Waals surface area contributed by atoms with E-state index in [0.29, 0.717) is 36.7 Å². The minimum absolute atomic E-state index is 0.0493. The quantitative estimate of drug-likeness (QED) is 0.191. The van der Waals surface area contributed by atoms with Gasteiger partial charge in [0.1, 0.15) is 17.5 Å². The second-order valence-electron chi connectivity index (χ2n) is 10.5. The number of ether oxygens (including phenoxy) is 2. The minimum atomic E-state index is -0.765. The van der Waals surface area contributed by atoms with Crippen LogP contribution in [0.2, 0.25) is 0 Å². The van der Waals surface area contributed by atoms with Crippen LogP contribution in [0, 0.1) is 0 Å². The maximum absolute atomic E-state index is 13.5. The highest BCUT2D eigenvalue weighted by Gasteiger charge is 2.28. The highest BCUT2D eigenvalue weighted by Crippen LogP contribution is 2.27. The van der Waals surface area contributed by atoms with E-state index in [1.54, 1.807) is 30.3 Å². The maximum atomic E-state index is 13.5. The third-order valence-electron chi connectivity index (χ3n) is 7.26. The van der Waals surface area contributed by atoms with Gasteiger partial charge in [-0.25, -0.2) is 4.79 Å². The van der Waals surface area contributed by atoms with E-state index in [-0.39, 0.29) is 17.7 Å². The lowest BCUT2D eigenvalue weighted by Crippen LogP contribution is -2.52. The number of hydrogen-bond acceptors (Lipinski definition) is 6. The Morgan fingerprint density at radius 3 is 2.33 bits per heavy atom. The minimum Gasteiger partial charge on any atom is -0.504 e. The first-order chi connectivity index (χ1) is 20.9. The first-order valence-corrected chi connectivity index (χ1v) is 14.3. The second-order valence-corrected chi connectivity index (χ2v) is 10.5. The zero-order valence-corrected chi connectivity index (χ0v) is 24.0. The number of nitrogens with one attached hydrogen (secondary N) is 3. The fraction of sp³-hybridized carbons (Fsp3) is 0.235. The van der Waals surface area contributed by atoms with Crippen LogP contribution in [-0.2, 0) is 17.8 Å². The van der Waals surface area contributed by atoms with E-state index in [1.165, 1.54) is 7.11 Å². The lowest BCUT2D eigenvalue weighted by Gasteiger charge is -2.22. The molecule has 4 N–H and O–H groups in total. The molecule has 4 aromatic rings. The van der Waals surface area contributed by atoms with Gasteiger partial charge in [0.15, 0.2) is 11.5 Å². The largest absolute Gasteiger partial charge is 0.504 e. The monoisotopic (exact) mass is 580 g/mol. The molecule has 0 spiro atoms. The van der Waals surface area contributed by atoms with Gasteiger partial charge in [-0.3, -0.25) is 9.69 Å². The molecule has 222 valence electrons. The first-order valence-electron chi connectivity index (χ1n) is 14.3. The van der Waals surface area contributed by atoms with E-state index in [1.807, 2.05) is 72.8 Å². The summed E-state index contributed by atoms with van der Waals surface area (Å²) in [7, 11) is 1.53. The van der Waals surface area contributed by atoms with Gasteiger partial charge in [-0.05, 0) is 66.1 Å². The van der Waals surface area contributed by atoms with Crippen molar-refractivity contribution in [2.45, 2.75) is 31.5 Å². The van der Waals surface area contributed by atoms with Gasteiger partial charge in [0, 0.05) is 37.8 Å². The average molecular weight is 581 g/mol. The number of urea groups is 1. The third kappa shape index (κ3) is 8.50. The van der Waals surface area contributed by atoms with Gasteiger partial charge < -0.3 is 30.5 Å². The van der Waals surface area contributed by atoms with Crippen LogP contribution < -0.4 is 25.4 Å². The lowest BCUT2D eigenvalue weighted by molar-refractivity contribution is -0.123. The van der Waals surface area contributed by atoms with Crippen molar-refractivity contribution in [2.24, 2.45) is 0 Å². The maximum Gasteiger partial charge on any atom is 0.319 e. The summed E-state index contributed by atoms with van der Waals surface area (Å²) >= 11 is 0. The number of phenols is 1. The van der Waals surface area contributed by atoms with Crippen LogP contribution in [-0.4, -0.2) is 54.2 Å². The number of anilines is 1. The smallest absolute Gasteiger partial charge is 0.319 e.